The van der Waals surface area contributed by atoms with Gasteiger partial charge in [-0.3, -0.25) is 9.59 Å². The summed E-state index contributed by atoms with van der Waals surface area (Å²) in [6.07, 6.45) is 0.199. The number of carbonyl (C=O) groups is 2. The topological polar surface area (TPSA) is 43.4 Å². The van der Waals surface area contributed by atoms with Gasteiger partial charge in [-0.1, -0.05) is 30.3 Å². The quantitative estimate of drug-likeness (QED) is 0.443. The van der Waals surface area contributed by atoms with Crippen LogP contribution in [0.4, 0.5) is 4.39 Å². The van der Waals surface area contributed by atoms with Crippen LogP contribution in [0.25, 0.3) is 0 Å². The molecule has 0 radical (unpaired) electrons. The minimum absolute atomic E-state index is 0.0611. The normalized spacial score (nSPS) is 10.2. The summed E-state index contributed by atoms with van der Waals surface area (Å²) < 4.78 is 18.3. The van der Waals surface area contributed by atoms with Crippen molar-refractivity contribution in [3.63, 3.8) is 0 Å². The van der Waals surface area contributed by atoms with Gasteiger partial charge in [0.05, 0.1) is 12.0 Å². The molecule has 0 aromatic heterocycles. The van der Waals surface area contributed by atoms with E-state index >= 15 is 0 Å². The van der Waals surface area contributed by atoms with Crippen LogP contribution >= 0.6 is 11.8 Å². The highest BCUT2D eigenvalue weighted by Crippen LogP contribution is 2.17. The van der Waals surface area contributed by atoms with Crippen LogP contribution < -0.4 is 0 Å². The Balaban J connectivity index is 1.72. The minimum Gasteiger partial charge on any atom is -0.457 e. The third-order valence-electron chi connectivity index (χ3n) is 2.86. The van der Waals surface area contributed by atoms with Crippen molar-refractivity contribution in [3.8, 4) is 0 Å². The second-order valence-electron chi connectivity index (χ2n) is 4.48. The zero-order valence-electron chi connectivity index (χ0n) is 11.8. The molecule has 0 bridgehead atoms. The molecule has 0 atom stereocenters. The third-order valence-corrected chi connectivity index (χ3v) is 3.87. The fourth-order valence-corrected chi connectivity index (χ4v) is 2.61. The van der Waals surface area contributed by atoms with Crippen molar-refractivity contribution < 1.29 is 18.7 Å². The van der Waals surface area contributed by atoms with Gasteiger partial charge in [0.25, 0.3) is 0 Å². The van der Waals surface area contributed by atoms with Crippen molar-refractivity contribution in [2.24, 2.45) is 0 Å². The molecule has 2 rings (SSSR count). The van der Waals surface area contributed by atoms with Gasteiger partial charge in [-0.15, -0.1) is 11.8 Å². The van der Waals surface area contributed by atoms with Gasteiger partial charge in [0.15, 0.2) is 6.61 Å². The number of ketones is 1. The van der Waals surface area contributed by atoms with Crippen molar-refractivity contribution in [1.82, 2.24) is 0 Å². The van der Waals surface area contributed by atoms with E-state index in [1.807, 2.05) is 30.3 Å². The highest BCUT2D eigenvalue weighted by atomic mass is 32.2. The molecule has 5 heteroatoms. The average Bonchev–Trinajstić information content (AvgIpc) is 2.54. The maximum atomic E-state index is 13.4. The summed E-state index contributed by atoms with van der Waals surface area (Å²) in [5, 5.41) is 0. The van der Waals surface area contributed by atoms with Gasteiger partial charge in [-0.25, -0.2) is 4.39 Å². The summed E-state index contributed by atoms with van der Waals surface area (Å²) in [5.41, 5.74) is -0.0611. The number of hydrogen-bond acceptors (Lipinski definition) is 4. The van der Waals surface area contributed by atoms with Crippen molar-refractivity contribution >= 4 is 23.5 Å². The van der Waals surface area contributed by atoms with Gasteiger partial charge in [0, 0.05) is 10.6 Å². The standard InChI is InChI=1S/C17H15FO3S/c18-15-9-5-4-8-14(15)16(19)12-21-17(20)10-11-22-13-6-2-1-3-7-13/h1-9H,10-12H2. The van der Waals surface area contributed by atoms with Crippen LogP contribution in [0.5, 0.6) is 0 Å². The number of ether oxygens (including phenoxy) is 1. The number of benzene rings is 2. The highest BCUT2D eigenvalue weighted by Gasteiger charge is 2.13. The molecule has 0 spiro atoms. The number of halogens is 1. The fraction of sp³-hybridized carbons (Fsp3) is 0.176. The van der Waals surface area contributed by atoms with Crippen molar-refractivity contribution in [3.05, 3.63) is 66.0 Å². The molecule has 2 aromatic rings. The van der Waals surface area contributed by atoms with E-state index in [0.717, 1.165) is 4.90 Å². The molecule has 0 saturated carbocycles. The highest BCUT2D eigenvalue weighted by molar-refractivity contribution is 7.99. The van der Waals surface area contributed by atoms with Gasteiger partial charge in [-0.2, -0.15) is 0 Å². The lowest BCUT2D eigenvalue weighted by molar-refractivity contribution is -0.141. The molecular formula is C17H15FO3S. The summed E-state index contributed by atoms with van der Waals surface area (Å²) in [6.45, 7) is -0.435. The van der Waals surface area contributed by atoms with Gasteiger partial charge >= 0.3 is 5.97 Å². The van der Waals surface area contributed by atoms with E-state index in [1.165, 1.54) is 30.0 Å². The number of thioether (sulfide) groups is 1. The van der Waals surface area contributed by atoms with Crippen LogP contribution in [0.15, 0.2) is 59.5 Å². The van der Waals surface area contributed by atoms with Gasteiger partial charge in [0.1, 0.15) is 5.82 Å². The van der Waals surface area contributed by atoms with Crippen LogP contribution in [0, 0.1) is 5.82 Å². The predicted molar refractivity (Wildman–Crippen MR) is 83.5 cm³/mol. The average molecular weight is 318 g/mol. The first kappa shape index (κ1) is 16.2. The molecule has 2 aromatic carbocycles. The second-order valence-corrected chi connectivity index (χ2v) is 5.64. The Kier molecular flexibility index (Phi) is 6.15. The van der Waals surface area contributed by atoms with Gasteiger partial charge in [-0.05, 0) is 24.3 Å². The molecule has 3 nitrogen and oxygen atoms in total. The zero-order valence-corrected chi connectivity index (χ0v) is 12.6. The number of hydrogen-bond donors (Lipinski definition) is 0. The molecular weight excluding hydrogens is 303 g/mol. The first-order chi connectivity index (χ1) is 10.7. The maximum Gasteiger partial charge on any atom is 0.307 e. The van der Waals surface area contributed by atoms with Crippen LogP contribution in [-0.4, -0.2) is 24.1 Å². The van der Waals surface area contributed by atoms with Crippen LogP contribution in [-0.2, 0) is 9.53 Å². The third kappa shape index (κ3) is 5.00. The largest absolute Gasteiger partial charge is 0.457 e. The first-order valence-corrected chi connectivity index (χ1v) is 7.76. The summed E-state index contributed by atoms with van der Waals surface area (Å²) in [5.74, 6) is -1.05. The number of esters is 1. The van der Waals surface area contributed by atoms with E-state index in [4.69, 9.17) is 4.74 Å². The lowest BCUT2D eigenvalue weighted by Crippen LogP contribution is -2.15. The fourth-order valence-electron chi connectivity index (χ4n) is 1.75. The van der Waals surface area contributed by atoms with Crippen molar-refractivity contribution in [2.75, 3.05) is 12.4 Å². The first-order valence-electron chi connectivity index (χ1n) is 6.78. The Morgan fingerprint density at radius 2 is 1.68 bits per heavy atom. The summed E-state index contributed by atoms with van der Waals surface area (Å²) >= 11 is 1.54. The molecule has 114 valence electrons. The van der Waals surface area contributed by atoms with E-state index < -0.39 is 24.2 Å². The Bertz CT molecular complexity index is 643. The van der Waals surface area contributed by atoms with Crippen molar-refractivity contribution in [2.45, 2.75) is 11.3 Å². The van der Waals surface area contributed by atoms with E-state index in [1.54, 1.807) is 6.07 Å². The molecule has 0 unspecified atom stereocenters. The molecule has 0 fully saturated rings. The van der Waals surface area contributed by atoms with Gasteiger partial charge in [0.2, 0.25) is 5.78 Å². The lowest BCUT2D eigenvalue weighted by atomic mass is 10.1. The van der Waals surface area contributed by atoms with Crippen LogP contribution in [0.1, 0.15) is 16.8 Å². The second kappa shape index (κ2) is 8.34. The monoisotopic (exact) mass is 318 g/mol. The molecule has 0 aliphatic rings. The summed E-state index contributed by atoms with van der Waals surface area (Å²) in [7, 11) is 0. The van der Waals surface area contributed by atoms with Gasteiger partial charge < -0.3 is 4.74 Å². The van der Waals surface area contributed by atoms with E-state index in [0.29, 0.717) is 5.75 Å². The smallest absolute Gasteiger partial charge is 0.307 e. The molecule has 0 aliphatic carbocycles. The Hall–Kier alpha value is -2.14. The SMILES string of the molecule is O=C(CCSc1ccccc1)OCC(=O)c1ccccc1F. The molecule has 0 saturated heterocycles. The maximum absolute atomic E-state index is 13.4. The minimum atomic E-state index is -0.608. The van der Waals surface area contributed by atoms with Crippen LogP contribution in [0.2, 0.25) is 0 Å². The Morgan fingerprint density at radius 3 is 2.41 bits per heavy atom. The zero-order chi connectivity index (χ0) is 15.8. The predicted octanol–water partition coefficient (Wildman–Crippen LogP) is 3.73. The molecule has 0 heterocycles. The van der Waals surface area contributed by atoms with Crippen molar-refractivity contribution in [1.29, 1.82) is 0 Å². The van der Waals surface area contributed by atoms with E-state index in [9.17, 15) is 14.0 Å². The number of carbonyl (C=O) groups excluding carboxylic acids is 2. The number of rotatable bonds is 7. The summed E-state index contributed by atoms with van der Waals surface area (Å²) in [4.78, 5) is 24.4. The Morgan fingerprint density at radius 1 is 1.00 bits per heavy atom. The number of Topliss-reactive ketones (excluding diaryl/α,β-unsaturated/α-hetero) is 1. The van der Waals surface area contributed by atoms with E-state index in [-0.39, 0.29) is 12.0 Å². The Labute approximate surface area is 132 Å². The van der Waals surface area contributed by atoms with Crippen LogP contribution in [0.3, 0.4) is 0 Å². The molecule has 0 amide bonds. The van der Waals surface area contributed by atoms with E-state index in [2.05, 4.69) is 0 Å². The molecule has 0 aliphatic heterocycles. The molecule has 22 heavy (non-hydrogen) atoms. The summed E-state index contributed by atoms with van der Waals surface area (Å²) in [6, 6.07) is 15.3. The lowest BCUT2D eigenvalue weighted by Gasteiger charge is -2.05. The molecule has 0 N–H and O–H groups in total.